The standard InChI is InChI=1S/C16H29NO2/c1-4-5-6-7-8-9-10-11-12-13-16(19)14(2)17-15(3)18/h9-12,14,16,19H,4-8,13H2,1-3H3,(H,17,18)/b10-9+,12-11+/t14-,16+/m0/s1. The third-order valence-corrected chi connectivity index (χ3v) is 2.99. The van der Waals surface area contributed by atoms with Crippen LogP contribution in [0.15, 0.2) is 24.3 Å². The van der Waals surface area contributed by atoms with Crippen LogP contribution in [0.2, 0.25) is 0 Å². The maximum atomic E-state index is 10.8. The van der Waals surface area contributed by atoms with Gasteiger partial charge in [0.25, 0.3) is 0 Å². The van der Waals surface area contributed by atoms with Gasteiger partial charge < -0.3 is 10.4 Å². The lowest BCUT2D eigenvalue weighted by Crippen LogP contribution is -2.39. The van der Waals surface area contributed by atoms with Gasteiger partial charge in [-0.25, -0.2) is 0 Å². The molecule has 110 valence electrons. The van der Waals surface area contributed by atoms with E-state index < -0.39 is 6.10 Å². The fraction of sp³-hybridized carbons (Fsp3) is 0.688. The van der Waals surface area contributed by atoms with Crippen LogP contribution in [-0.4, -0.2) is 23.2 Å². The molecule has 0 bridgehead atoms. The van der Waals surface area contributed by atoms with Gasteiger partial charge in [0.1, 0.15) is 0 Å². The van der Waals surface area contributed by atoms with E-state index in [1.165, 1.54) is 32.6 Å². The molecule has 0 aromatic heterocycles. The highest BCUT2D eigenvalue weighted by molar-refractivity contribution is 5.73. The van der Waals surface area contributed by atoms with Crippen LogP contribution in [0, 0.1) is 0 Å². The summed E-state index contributed by atoms with van der Waals surface area (Å²) in [5.41, 5.74) is 0. The van der Waals surface area contributed by atoms with Crippen LogP contribution in [0.4, 0.5) is 0 Å². The lowest BCUT2D eigenvalue weighted by atomic mass is 10.1. The summed E-state index contributed by atoms with van der Waals surface area (Å²) in [5.74, 6) is -0.109. The van der Waals surface area contributed by atoms with Crippen LogP contribution in [0.25, 0.3) is 0 Å². The Labute approximate surface area is 117 Å². The Balaban J connectivity index is 3.66. The van der Waals surface area contributed by atoms with E-state index in [2.05, 4.69) is 18.3 Å². The number of aliphatic hydroxyl groups is 1. The molecule has 2 N–H and O–H groups in total. The summed E-state index contributed by atoms with van der Waals surface area (Å²) in [5, 5.41) is 12.5. The number of carbonyl (C=O) groups excluding carboxylic acids is 1. The van der Waals surface area contributed by atoms with Crippen molar-refractivity contribution in [2.45, 2.75) is 71.4 Å². The summed E-state index contributed by atoms with van der Waals surface area (Å²) in [6, 6.07) is -0.208. The Morgan fingerprint density at radius 2 is 1.89 bits per heavy atom. The zero-order valence-electron chi connectivity index (χ0n) is 12.6. The SMILES string of the molecule is CCCCCC/C=C/C=C/C[C@@H](O)[C@H](C)NC(C)=O. The highest BCUT2D eigenvalue weighted by atomic mass is 16.3. The van der Waals surface area contributed by atoms with Crippen molar-refractivity contribution < 1.29 is 9.90 Å². The molecule has 0 aliphatic carbocycles. The minimum atomic E-state index is -0.530. The molecule has 0 radical (unpaired) electrons. The fourth-order valence-corrected chi connectivity index (χ4v) is 1.78. The summed E-state index contributed by atoms with van der Waals surface area (Å²) in [6.07, 6.45) is 14.4. The predicted molar refractivity (Wildman–Crippen MR) is 80.9 cm³/mol. The van der Waals surface area contributed by atoms with Gasteiger partial charge in [0.15, 0.2) is 0 Å². The summed E-state index contributed by atoms with van der Waals surface area (Å²) < 4.78 is 0. The number of nitrogens with one attached hydrogen (secondary N) is 1. The second-order valence-corrected chi connectivity index (χ2v) is 5.00. The maximum absolute atomic E-state index is 10.8. The zero-order valence-corrected chi connectivity index (χ0v) is 12.6. The normalized spacial score (nSPS) is 14.9. The quantitative estimate of drug-likeness (QED) is 0.471. The van der Waals surface area contributed by atoms with Crippen LogP contribution in [-0.2, 0) is 4.79 Å². The molecule has 0 fully saturated rings. The van der Waals surface area contributed by atoms with Gasteiger partial charge in [-0.05, 0) is 26.2 Å². The van der Waals surface area contributed by atoms with Crippen LogP contribution >= 0.6 is 0 Å². The van der Waals surface area contributed by atoms with Gasteiger partial charge in [-0.2, -0.15) is 0 Å². The molecule has 3 heteroatoms. The minimum absolute atomic E-state index is 0.109. The van der Waals surface area contributed by atoms with Crippen molar-refractivity contribution in [3.63, 3.8) is 0 Å². The molecule has 0 aliphatic rings. The van der Waals surface area contributed by atoms with E-state index in [4.69, 9.17) is 0 Å². The van der Waals surface area contributed by atoms with Crippen molar-refractivity contribution in [1.82, 2.24) is 5.32 Å². The maximum Gasteiger partial charge on any atom is 0.217 e. The number of rotatable bonds is 10. The van der Waals surface area contributed by atoms with Gasteiger partial charge in [-0.3, -0.25) is 4.79 Å². The van der Waals surface area contributed by atoms with Crippen LogP contribution in [0.3, 0.4) is 0 Å². The van der Waals surface area contributed by atoms with E-state index in [1.54, 1.807) is 0 Å². The molecule has 19 heavy (non-hydrogen) atoms. The first-order valence-corrected chi connectivity index (χ1v) is 7.34. The average molecular weight is 267 g/mol. The first-order valence-electron chi connectivity index (χ1n) is 7.34. The van der Waals surface area contributed by atoms with Gasteiger partial charge in [-0.1, -0.05) is 50.5 Å². The molecule has 0 rings (SSSR count). The Morgan fingerprint density at radius 3 is 2.53 bits per heavy atom. The second-order valence-electron chi connectivity index (χ2n) is 5.00. The number of hydrogen-bond acceptors (Lipinski definition) is 2. The smallest absolute Gasteiger partial charge is 0.217 e. The van der Waals surface area contributed by atoms with E-state index in [0.29, 0.717) is 6.42 Å². The summed E-state index contributed by atoms with van der Waals surface area (Å²) >= 11 is 0. The molecule has 2 atom stereocenters. The lowest BCUT2D eigenvalue weighted by molar-refractivity contribution is -0.120. The van der Waals surface area contributed by atoms with Crippen molar-refractivity contribution >= 4 is 5.91 Å². The van der Waals surface area contributed by atoms with E-state index in [0.717, 1.165) is 6.42 Å². The molecule has 0 saturated carbocycles. The third-order valence-electron chi connectivity index (χ3n) is 2.99. The largest absolute Gasteiger partial charge is 0.391 e. The molecule has 3 nitrogen and oxygen atoms in total. The van der Waals surface area contributed by atoms with E-state index in [-0.39, 0.29) is 11.9 Å². The Hall–Kier alpha value is -1.09. The minimum Gasteiger partial charge on any atom is -0.391 e. The predicted octanol–water partition coefficient (Wildman–Crippen LogP) is 3.34. The molecule has 0 aliphatic heterocycles. The topological polar surface area (TPSA) is 49.3 Å². The van der Waals surface area contributed by atoms with Gasteiger partial charge in [0, 0.05) is 6.92 Å². The number of amides is 1. The monoisotopic (exact) mass is 267 g/mol. The van der Waals surface area contributed by atoms with E-state index in [9.17, 15) is 9.90 Å². The lowest BCUT2D eigenvalue weighted by Gasteiger charge is -2.17. The highest BCUT2D eigenvalue weighted by Gasteiger charge is 2.12. The molecule has 0 aromatic carbocycles. The Bertz CT molecular complexity index is 284. The van der Waals surface area contributed by atoms with Crippen LogP contribution in [0.1, 0.15) is 59.3 Å². The van der Waals surface area contributed by atoms with Crippen molar-refractivity contribution in [3.8, 4) is 0 Å². The van der Waals surface area contributed by atoms with Gasteiger partial charge in [0.05, 0.1) is 12.1 Å². The number of allylic oxidation sites excluding steroid dienone is 3. The van der Waals surface area contributed by atoms with E-state index >= 15 is 0 Å². The van der Waals surface area contributed by atoms with Gasteiger partial charge in [-0.15, -0.1) is 0 Å². The number of aliphatic hydroxyl groups excluding tert-OH is 1. The zero-order chi connectivity index (χ0) is 14.5. The molecule has 0 spiro atoms. The molecular weight excluding hydrogens is 238 g/mol. The van der Waals surface area contributed by atoms with Crippen LogP contribution in [0.5, 0.6) is 0 Å². The van der Waals surface area contributed by atoms with Crippen molar-refractivity contribution in [3.05, 3.63) is 24.3 Å². The van der Waals surface area contributed by atoms with Crippen molar-refractivity contribution in [2.75, 3.05) is 0 Å². The molecule has 1 amide bonds. The number of hydrogen-bond donors (Lipinski definition) is 2. The fourth-order valence-electron chi connectivity index (χ4n) is 1.78. The first-order chi connectivity index (χ1) is 9.07. The highest BCUT2D eigenvalue weighted by Crippen LogP contribution is 2.03. The third kappa shape index (κ3) is 11.7. The molecule has 0 saturated heterocycles. The summed E-state index contributed by atoms with van der Waals surface area (Å²) in [4.78, 5) is 10.8. The second kappa shape index (κ2) is 12.0. The Morgan fingerprint density at radius 1 is 1.21 bits per heavy atom. The Kier molecular flexibility index (Phi) is 11.3. The summed E-state index contributed by atoms with van der Waals surface area (Å²) in [7, 11) is 0. The van der Waals surface area contributed by atoms with Crippen molar-refractivity contribution in [1.29, 1.82) is 0 Å². The van der Waals surface area contributed by atoms with Crippen LogP contribution < -0.4 is 5.32 Å². The average Bonchev–Trinajstić information content (AvgIpc) is 2.35. The van der Waals surface area contributed by atoms with Crippen molar-refractivity contribution in [2.24, 2.45) is 0 Å². The molecule has 0 aromatic rings. The van der Waals surface area contributed by atoms with Gasteiger partial charge in [0.2, 0.25) is 5.91 Å². The number of carbonyl (C=O) groups is 1. The molecular formula is C16H29NO2. The number of unbranched alkanes of at least 4 members (excludes halogenated alkanes) is 4. The van der Waals surface area contributed by atoms with Gasteiger partial charge >= 0.3 is 0 Å². The van der Waals surface area contributed by atoms with E-state index in [1.807, 2.05) is 25.2 Å². The molecule has 0 heterocycles. The molecule has 0 unspecified atom stereocenters. The first kappa shape index (κ1) is 17.9. The summed E-state index contributed by atoms with van der Waals surface area (Å²) in [6.45, 7) is 5.48.